The average Bonchev–Trinajstić information content (AvgIpc) is 2.48. The van der Waals surface area contributed by atoms with Crippen molar-refractivity contribution in [3.8, 4) is 11.5 Å². The van der Waals surface area contributed by atoms with Crippen LogP contribution in [0.3, 0.4) is 0 Å². The van der Waals surface area contributed by atoms with E-state index in [0.29, 0.717) is 17.2 Å². The van der Waals surface area contributed by atoms with E-state index in [1.54, 1.807) is 36.4 Å². The van der Waals surface area contributed by atoms with Crippen molar-refractivity contribution in [1.29, 1.82) is 0 Å². The molecule has 0 radical (unpaired) electrons. The minimum atomic E-state index is -3.50. The summed E-state index contributed by atoms with van der Waals surface area (Å²) in [6.07, 6.45) is 0.192. The van der Waals surface area contributed by atoms with E-state index in [2.05, 4.69) is 4.72 Å². The van der Waals surface area contributed by atoms with Crippen LogP contribution in [0.25, 0.3) is 0 Å². The number of ether oxygens (including phenoxy) is 1. The van der Waals surface area contributed by atoms with Crippen LogP contribution in [0, 0.1) is 0 Å². The molecule has 21 heavy (non-hydrogen) atoms. The lowest BCUT2D eigenvalue weighted by atomic mass is 10.3. The Morgan fingerprint density at radius 2 is 1.67 bits per heavy atom. The van der Waals surface area contributed by atoms with Crippen molar-refractivity contribution in [2.24, 2.45) is 0 Å². The van der Waals surface area contributed by atoms with E-state index in [1.165, 1.54) is 0 Å². The van der Waals surface area contributed by atoms with Crippen LogP contribution < -0.4 is 9.46 Å². The predicted molar refractivity (Wildman–Crippen MR) is 82.1 cm³/mol. The molecule has 5 nitrogen and oxygen atoms in total. The topological polar surface area (TPSA) is 75.6 Å². The van der Waals surface area contributed by atoms with Gasteiger partial charge in [-0.3, -0.25) is 4.72 Å². The fourth-order valence-corrected chi connectivity index (χ4v) is 2.84. The highest BCUT2D eigenvalue weighted by atomic mass is 32.2. The lowest BCUT2D eigenvalue weighted by Gasteiger charge is -2.13. The molecule has 2 aromatic rings. The van der Waals surface area contributed by atoms with Gasteiger partial charge in [-0.15, -0.1) is 0 Å². The maximum Gasteiger partial charge on any atom is 0.232 e. The van der Waals surface area contributed by atoms with Gasteiger partial charge in [-0.05, 0) is 30.7 Å². The number of sulfonamides is 1. The zero-order valence-corrected chi connectivity index (χ0v) is 12.2. The first kappa shape index (κ1) is 15.3. The molecular formula is C15H17NO4S. The van der Waals surface area contributed by atoms with Crippen molar-refractivity contribution < 1.29 is 18.3 Å². The van der Waals surface area contributed by atoms with Crippen LogP contribution in [-0.2, 0) is 10.0 Å². The second-order valence-corrected chi connectivity index (χ2v) is 6.25. The molecule has 0 heterocycles. The Labute approximate surface area is 124 Å². The van der Waals surface area contributed by atoms with Crippen LogP contribution in [0.15, 0.2) is 54.6 Å². The highest BCUT2D eigenvalue weighted by molar-refractivity contribution is 7.92. The van der Waals surface area contributed by atoms with Crippen molar-refractivity contribution in [3.05, 3.63) is 54.6 Å². The normalized spacial score (nSPS) is 11.1. The van der Waals surface area contributed by atoms with Gasteiger partial charge >= 0.3 is 0 Å². The summed E-state index contributed by atoms with van der Waals surface area (Å²) in [5, 5.41) is 8.73. The smallest absolute Gasteiger partial charge is 0.232 e. The molecule has 0 aromatic heterocycles. The molecule has 0 saturated heterocycles. The standard InChI is InChI=1S/C15H17NO4S/c17-11-6-12-21(18,19)16-14-9-4-5-10-15(14)20-13-7-2-1-3-8-13/h1-5,7-10,16-17H,6,11-12H2. The van der Waals surface area contributed by atoms with Gasteiger partial charge < -0.3 is 9.84 Å². The summed E-state index contributed by atoms with van der Waals surface area (Å²) in [5.41, 5.74) is 0.374. The van der Waals surface area contributed by atoms with Crippen LogP contribution in [0.2, 0.25) is 0 Å². The molecule has 0 amide bonds. The zero-order valence-electron chi connectivity index (χ0n) is 11.4. The summed E-state index contributed by atoms with van der Waals surface area (Å²) in [4.78, 5) is 0. The van der Waals surface area contributed by atoms with Crippen LogP contribution in [0.4, 0.5) is 5.69 Å². The number of para-hydroxylation sites is 3. The summed E-state index contributed by atoms with van der Waals surface area (Å²) in [7, 11) is -3.50. The molecule has 112 valence electrons. The van der Waals surface area contributed by atoms with Crippen LogP contribution in [0.5, 0.6) is 11.5 Å². The monoisotopic (exact) mass is 307 g/mol. The van der Waals surface area contributed by atoms with E-state index >= 15 is 0 Å². The number of benzene rings is 2. The third-order valence-corrected chi connectivity index (χ3v) is 4.05. The summed E-state index contributed by atoms with van der Waals surface area (Å²) >= 11 is 0. The molecule has 0 spiro atoms. The fraction of sp³-hybridized carbons (Fsp3) is 0.200. The third kappa shape index (κ3) is 4.77. The molecule has 0 aliphatic carbocycles. The molecular weight excluding hydrogens is 290 g/mol. The minimum Gasteiger partial charge on any atom is -0.455 e. The number of aliphatic hydroxyl groups excluding tert-OH is 1. The van der Waals surface area contributed by atoms with Gasteiger partial charge in [0.2, 0.25) is 10.0 Å². The summed E-state index contributed by atoms with van der Waals surface area (Å²) in [5.74, 6) is 0.916. The molecule has 2 rings (SSSR count). The average molecular weight is 307 g/mol. The molecule has 0 aliphatic heterocycles. The number of anilines is 1. The third-order valence-electron chi connectivity index (χ3n) is 2.69. The first-order chi connectivity index (χ1) is 10.1. The molecule has 0 saturated carbocycles. The lowest BCUT2D eigenvalue weighted by Crippen LogP contribution is -2.17. The molecule has 0 unspecified atom stereocenters. The Balaban J connectivity index is 2.17. The summed E-state index contributed by atoms with van der Waals surface area (Å²) < 4.78 is 31.9. The molecule has 0 bridgehead atoms. The first-order valence-corrected chi connectivity index (χ1v) is 8.19. The van der Waals surface area contributed by atoms with Crippen molar-refractivity contribution in [1.82, 2.24) is 0 Å². The predicted octanol–water partition coefficient (Wildman–Crippen LogP) is 2.60. The quantitative estimate of drug-likeness (QED) is 0.824. The lowest BCUT2D eigenvalue weighted by molar-refractivity contribution is 0.295. The summed E-state index contributed by atoms with van der Waals surface area (Å²) in [6, 6.07) is 15.9. The highest BCUT2D eigenvalue weighted by Crippen LogP contribution is 2.29. The second kappa shape index (κ2) is 7.10. The maximum absolute atomic E-state index is 11.9. The van der Waals surface area contributed by atoms with E-state index in [1.807, 2.05) is 18.2 Å². The van der Waals surface area contributed by atoms with Gasteiger partial charge in [-0.25, -0.2) is 8.42 Å². The number of hydrogen-bond acceptors (Lipinski definition) is 4. The molecule has 0 atom stereocenters. The van der Waals surface area contributed by atoms with Crippen LogP contribution in [0.1, 0.15) is 6.42 Å². The molecule has 2 aromatic carbocycles. The van der Waals surface area contributed by atoms with E-state index < -0.39 is 10.0 Å². The molecule has 2 N–H and O–H groups in total. The van der Waals surface area contributed by atoms with E-state index in [9.17, 15) is 8.42 Å². The van der Waals surface area contributed by atoms with Gasteiger partial charge in [0, 0.05) is 6.61 Å². The zero-order chi connectivity index (χ0) is 15.1. The summed E-state index contributed by atoms with van der Waals surface area (Å²) in [6.45, 7) is -0.164. The fourth-order valence-electron chi connectivity index (χ4n) is 1.73. The number of nitrogens with one attached hydrogen (secondary N) is 1. The van der Waals surface area contributed by atoms with Gasteiger partial charge in [0.25, 0.3) is 0 Å². The van der Waals surface area contributed by atoms with E-state index in [-0.39, 0.29) is 18.8 Å². The van der Waals surface area contributed by atoms with E-state index in [4.69, 9.17) is 9.84 Å². The highest BCUT2D eigenvalue weighted by Gasteiger charge is 2.13. The van der Waals surface area contributed by atoms with Gasteiger partial charge in [0.15, 0.2) is 5.75 Å². The van der Waals surface area contributed by atoms with Crippen LogP contribution >= 0.6 is 0 Å². The molecule has 6 heteroatoms. The van der Waals surface area contributed by atoms with E-state index in [0.717, 1.165) is 0 Å². The number of rotatable bonds is 7. The maximum atomic E-state index is 11.9. The van der Waals surface area contributed by atoms with Crippen molar-refractivity contribution in [3.63, 3.8) is 0 Å². The van der Waals surface area contributed by atoms with Crippen molar-refractivity contribution in [2.45, 2.75) is 6.42 Å². The molecule has 0 fully saturated rings. The Bertz CT molecular complexity index is 671. The minimum absolute atomic E-state index is 0.136. The van der Waals surface area contributed by atoms with Gasteiger partial charge in [-0.1, -0.05) is 30.3 Å². The first-order valence-electron chi connectivity index (χ1n) is 6.54. The Kier molecular flexibility index (Phi) is 5.19. The number of hydrogen-bond donors (Lipinski definition) is 2. The van der Waals surface area contributed by atoms with Gasteiger partial charge in [0.05, 0.1) is 11.4 Å². The molecule has 0 aliphatic rings. The SMILES string of the molecule is O=S(=O)(CCCO)Nc1ccccc1Oc1ccccc1. The Hall–Kier alpha value is -2.05. The Morgan fingerprint density at radius 3 is 2.38 bits per heavy atom. The van der Waals surface area contributed by atoms with Gasteiger partial charge in [0.1, 0.15) is 5.75 Å². The van der Waals surface area contributed by atoms with Crippen molar-refractivity contribution >= 4 is 15.7 Å². The van der Waals surface area contributed by atoms with Crippen LogP contribution in [-0.4, -0.2) is 25.9 Å². The Morgan fingerprint density at radius 1 is 1.00 bits per heavy atom. The second-order valence-electron chi connectivity index (χ2n) is 4.41. The largest absolute Gasteiger partial charge is 0.455 e. The van der Waals surface area contributed by atoms with Gasteiger partial charge in [-0.2, -0.15) is 0 Å². The number of aliphatic hydroxyl groups is 1. The van der Waals surface area contributed by atoms with Crippen molar-refractivity contribution in [2.75, 3.05) is 17.1 Å².